The lowest BCUT2D eigenvalue weighted by Gasteiger charge is -2.22. The smallest absolute Gasteiger partial charge is 0.000679 e. The Morgan fingerprint density at radius 1 is 1.08 bits per heavy atom. The van der Waals surface area contributed by atoms with E-state index >= 15 is 0 Å². The maximum absolute atomic E-state index is 2.51. The van der Waals surface area contributed by atoms with Crippen molar-refractivity contribution in [1.82, 2.24) is 4.90 Å². The third-order valence-corrected chi connectivity index (χ3v) is 2.51. The van der Waals surface area contributed by atoms with Crippen LogP contribution >= 0.6 is 0 Å². The van der Waals surface area contributed by atoms with Gasteiger partial charge in [0.2, 0.25) is 0 Å². The first kappa shape index (κ1) is 12.0. The maximum Gasteiger partial charge on any atom is 0.000679 e. The van der Waals surface area contributed by atoms with E-state index in [1.807, 2.05) is 0 Å². The van der Waals surface area contributed by atoms with Crippen molar-refractivity contribution in [3.63, 3.8) is 0 Å². The minimum atomic E-state index is 0.879. The van der Waals surface area contributed by atoms with E-state index in [9.17, 15) is 0 Å². The molecule has 0 aromatic rings. The first-order valence-corrected chi connectivity index (χ1v) is 5.46. The van der Waals surface area contributed by atoms with Gasteiger partial charge in [0.05, 0.1) is 0 Å². The Labute approximate surface area is 78.1 Å². The number of nitrogens with zero attached hydrogens (tertiary/aromatic N) is 1. The Morgan fingerprint density at radius 3 is 2.08 bits per heavy atom. The second kappa shape index (κ2) is 7.60. The van der Waals surface area contributed by atoms with Crippen molar-refractivity contribution in [1.29, 1.82) is 0 Å². The molecule has 0 bridgehead atoms. The van der Waals surface area contributed by atoms with Crippen LogP contribution in [-0.2, 0) is 0 Å². The lowest BCUT2D eigenvalue weighted by molar-refractivity contribution is 0.252. The first-order valence-electron chi connectivity index (χ1n) is 5.46. The monoisotopic (exact) mass is 171 g/mol. The van der Waals surface area contributed by atoms with Crippen LogP contribution in [0, 0.1) is 5.92 Å². The fourth-order valence-electron chi connectivity index (χ4n) is 1.57. The summed E-state index contributed by atoms with van der Waals surface area (Å²) in [7, 11) is 0. The molecule has 0 unspecified atom stereocenters. The maximum atomic E-state index is 2.51. The molecule has 1 heteroatoms. The van der Waals surface area contributed by atoms with Crippen molar-refractivity contribution in [2.45, 2.75) is 47.0 Å². The van der Waals surface area contributed by atoms with Crippen molar-refractivity contribution in [3.05, 3.63) is 0 Å². The lowest BCUT2D eigenvalue weighted by Crippen LogP contribution is -2.28. The van der Waals surface area contributed by atoms with Gasteiger partial charge in [-0.25, -0.2) is 0 Å². The summed E-state index contributed by atoms with van der Waals surface area (Å²) in [6, 6.07) is 0. The molecule has 12 heavy (non-hydrogen) atoms. The first-order chi connectivity index (χ1) is 5.74. The fourth-order valence-corrected chi connectivity index (χ4v) is 1.57. The lowest BCUT2D eigenvalue weighted by atomic mass is 10.0. The van der Waals surface area contributed by atoms with E-state index in [-0.39, 0.29) is 0 Å². The van der Waals surface area contributed by atoms with E-state index in [0.717, 1.165) is 5.92 Å². The zero-order valence-corrected chi connectivity index (χ0v) is 9.27. The standard InChI is InChI=1S/C11H25N/c1-5-8-9-11(4)10-12(6-2)7-3/h11H,5-10H2,1-4H3/t11-/m0/s1. The quantitative estimate of drug-likeness (QED) is 0.569. The molecule has 0 aliphatic heterocycles. The molecule has 1 nitrogen and oxygen atoms in total. The van der Waals surface area contributed by atoms with Crippen LogP contribution in [0.25, 0.3) is 0 Å². The van der Waals surface area contributed by atoms with Gasteiger partial charge in [0.25, 0.3) is 0 Å². The van der Waals surface area contributed by atoms with Crippen molar-refractivity contribution < 1.29 is 0 Å². The average molecular weight is 171 g/mol. The molecule has 0 aromatic carbocycles. The largest absolute Gasteiger partial charge is 0.304 e. The minimum Gasteiger partial charge on any atom is -0.304 e. The van der Waals surface area contributed by atoms with Gasteiger partial charge in [-0.1, -0.05) is 40.5 Å². The molecule has 0 rings (SSSR count). The molecule has 1 atom stereocenters. The van der Waals surface area contributed by atoms with E-state index in [1.54, 1.807) is 0 Å². The van der Waals surface area contributed by atoms with Crippen molar-refractivity contribution in [2.24, 2.45) is 5.92 Å². The van der Waals surface area contributed by atoms with Crippen molar-refractivity contribution in [3.8, 4) is 0 Å². The predicted molar refractivity (Wildman–Crippen MR) is 56.5 cm³/mol. The molecule has 0 fully saturated rings. The Bertz CT molecular complexity index is 87.0. The number of hydrogen-bond donors (Lipinski definition) is 0. The van der Waals surface area contributed by atoms with E-state index in [0.29, 0.717) is 0 Å². The summed E-state index contributed by atoms with van der Waals surface area (Å²) in [6.45, 7) is 12.8. The minimum absolute atomic E-state index is 0.879. The average Bonchev–Trinajstić information content (AvgIpc) is 2.10. The van der Waals surface area contributed by atoms with Crippen LogP contribution in [0.4, 0.5) is 0 Å². The van der Waals surface area contributed by atoms with Crippen LogP contribution in [0.3, 0.4) is 0 Å². The van der Waals surface area contributed by atoms with Crippen LogP contribution in [0.5, 0.6) is 0 Å². The SMILES string of the molecule is CCCC[C@H](C)CN(CC)CC. The van der Waals surface area contributed by atoms with E-state index in [4.69, 9.17) is 0 Å². The van der Waals surface area contributed by atoms with Gasteiger partial charge >= 0.3 is 0 Å². The Kier molecular flexibility index (Phi) is 7.58. The Hall–Kier alpha value is -0.0400. The van der Waals surface area contributed by atoms with Gasteiger partial charge in [0, 0.05) is 6.54 Å². The van der Waals surface area contributed by atoms with Gasteiger partial charge in [-0.3, -0.25) is 0 Å². The molecule has 0 spiro atoms. The van der Waals surface area contributed by atoms with E-state index < -0.39 is 0 Å². The van der Waals surface area contributed by atoms with E-state index in [1.165, 1.54) is 38.9 Å². The van der Waals surface area contributed by atoms with E-state index in [2.05, 4.69) is 32.6 Å². The summed E-state index contributed by atoms with van der Waals surface area (Å²) in [5.74, 6) is 0.879. The molecule has 74 valence electrons. The Balaban J connectivity index is 3.44. The van der Waals surface area contributed by atoms with Gasteiger partial charge < -0.3 is 4.90 Å². The van der Waals surface area contributed by atoms with Gasteiger partial charge in [-0.2, -0.15) is 0 Å². The van der Waals surface area contributed by atoms with Gasteiger partial charge in [0.15, 0.2) is 0 Å². The topological polar surface area (TPSA) is 3.24 Å². The second-order valence-electron chi connectivity index (χ2n) is 3.73. The third kappa shape index (κ3) is 5.59. The van der Waals surface area contributed by atoms with Gasteiger partial charge in [-0.15, -0.1) is 0 Å². The highest BCUT2D eigenvalue weighted by molar-refractivity contribution is 4.59. The zero-order chi connectivity index (χ0) is 9.40. The molecule has 0 saturated heterocycles. The molecule has 0 amide bonds. The summed E-state index contributed by atoms with van der Waals surface area (Å²) < 4.78 is 0. The third-order valence-electron chi connectivity index (χ3n) is 2.51. The molecular weight excluding hydrogens is 146 g/mol. The summed E-state index contributed by atoms with van der Waals surface area (Å²) in [5.41, 5.74) is 0. The summed E-state index contributed by atoms with van der Waals surface area (Å²) in [4.78, 5) is 2.51. The zero-order valence-electron chi connectivity index (χ0n) is 9.27. The molecular formula is C11H25N. The van der Waals surface area contributed by atoms with Crippen LogP contribution < -0.4 is 0 Å². The fraction of sp³-hybridized carbons (Fsp3) is 1.00. The van der Waals surface area contributed by atoms with Crippen LogP contribution in [0.1, 0.15) is 47.0 Å². The molecule has 0 radical (unpaired) electrons. The number of hydrogen-bond acceptors (Lipinski definition) is 1. The highest BCUT2D eigenvalue weighted by Crippen LogP contribution is 2.09. The van der Waals surface area contributed by atoms with Crippen molar-refractivity contribution >= 4 is 0 Å². The van der Waals surface area contributed by atoms with Gasteiger partial charge in [0.1, 0.15) is 0 Å². The summed E-state index contributed by atoms with van der Waals surface area (Å²) in [6.07, 6.45) is 4.12. The number of unbranched alkanes of at least 4 members (excludes halogenated alkanes) is 1. The molecule has 0 aliphatic rings. The van der Waals surface area contributed by atoms with Crippen LogP contribution in [0.15, 0.2) is 0 Å². The normalized spacial score (nSPS) is 13.8. The van der Waals surface area contributed by atoms with Crippen LogP contribution in [0.2, 0.25) is 0 Å². The highest BCUT2D eigenvalue weighted by Gasteiger charge is 2.05. The Morgan fingerprint density at radius 2 is 1.67 bits per heavy atom. The predicted octanol–water partition coefficient (Wildman–Crippen LogP) is 3.15. The molecule has 0 N–H and O–H groups in total. The highest BCUT2D eigenvalue weighted by atomic mass is 15.1. The molecule has 0 heterocycles. The molecule has 0 aromatic heterocycles. The molecule has 0 saturated carbocycles. The number of rotatable bonds is 7. The summed E-state index contributed by atoms with van der Waals surface area (Å²) in [5, 5.41) is 0. The summed E-state index contributed by atoms with van der Waals surface area (Å²) >= 11 is 0. The second-order valence-corrected chi connectivity index (χ2v) is 3.73. The van der Waals surface area contributed by atoms with Crippen molar-refractivity contribution in [2.75, 3.05) is 19.6 Å². The van der Waals surface area contributed by atoms with Crippen LogP contribution in [-0.4, -0.2) is 24.5 Å². The molecule has 0 aliphatic carbocycles. The van der Waals surface area contributed by atoms with Gasteiger partial charge in [-0.05, 0) is 25.4 Å².